The Labute approximate surface area is 140 Å². The zero-order valence-electron chi connectivity index (χ0n) is 13.3. The molecule has 2 fully saturated rings. The molecule has 24 heavy (non-hydrogen) atoms. The smallest absolute Gasteiger partial charge is 0.240 e. The van der Waals surface area contributed by atoms with Crippen LogP contribution in [-0.4, -0.2) is 24.7 Å². The largest absolute Gasteiger partial charge is 0.268 e. The Kier molecular flexibility index (Phi) is 3.92. The van der Waals surface area contributed by atoms with Gasteiger partial charge in [-0.25, -0.2) is 17.5 Å². The van der Waals surface area contributed by atoms with E-state index in [0.29, 0.717) is 18.4 Å². The Hall–Kier alpha value is -1.73. The van der Waals surface area contributed by atoms with Gasteiger partial charge in [0.25, 0.3) is 0 Å². The zero-order chi connectivity index (χ0) is 16.7. The highest BCUT2D eigenvalue weighted by atomic mass is 32.2. The fourth-order valence-corrected chi connectivity index (χ4v) is 3.97. The Balaban J connectivity index is 1.43. The normalized spacial score (nSPS) is 18.0. The van der Waals surface area contributed by atoms with Gasteiger partial charge in [-0.3, -0.25) is 4.68 Å². The summed E-state index contributed by atoms with van der Waals surface area (Å²) in [7, 11) is -3.70. The molecule has 0 bridgehead atoms. The first kappa shape index (κ1) is 15.8. The van der Waals surface area contributed by atoms with Crippen LogP contribution in [0.4, 0.5) is 4.39 Å². The van der Waals surface area contributed by atoms with Crippen LogP contribution in [0, 0.1) is 5.82 Å². The van der Waals surface area contributed by atoms with Gasteiger partial charge in [-0.05, 0) is 49.9 Å². The molecule has 5 nitrogen and oxygen atoms in total. The first-order valence-electron chi connectivity index (χ1n) is 8.36. The molecule has 1 aromatic heterocycles. The summed E-state index contributed by atoms with van der Waals surface area (Å²) in [5.41, 5.74) is 2.37. The second-order valence-corrected chi connectivity index (χ2v) is 8.39. The molecule has 0 spiro atoms. The van der Waals surface area contributed by atoms with Gasteiger partial charge in [0.2, 0.25) is 10.0 Å². The van der Waals surface area contributed by atoms with E-state index in [0.717, 1.165) is 11.8 Å². The minimum Gasteiger partial charge on any atom is -0.268 e. The van der Waals surface area contributed by atoms with Gasteiger partial charge in [0.1, 0.15) is 5.82 Å². The lowest BCUT2D eigenvalue weighted by molar-refractivity contribution is 0.547. The van der Waals surface area contributed by atoms with Crippen molar-refractivity contribution in [2.45, 2.75) is 49.0 Å². The summed E-state index contributed by atoms with van der Waals surface area (Å²) < 4.78 is 42.1. The second-order valence-electron chi connectivity index (χ2n) is 6.62. The van der Waals surface area contributed by atoms with Gasteiger partial charge in [-0.2, -0.15) is 5.10 Å². The maximum absolute atomic E-state index is 13.2. The highest BCUT2D eigenvalue weighted by Crippen LogP contribution is 2.44. The minimum absolute atomic E-state index is 0.0518. The van der Waals surface area contributed by atoms with Gasteiger partial charge in [0.15, 0.2) is 0 Å². The van der Waals surface area contributed by atoms with Crippen molar-refractivity contribution in [2.24, 2.45) is 0 Å². The summed E-state index contributed by atoms with van der Waals surface area (Å²) in [6, 6.07) is 7.22. The van der Waals surface area contributed by atoms with Crippen molar-refractivity contribution in [2.75, 3.05) is 6.54 Å². The number of nitrogens with one attached hydrogen (secondary N) is 1. The molecule has 1 aromatic carbocycles. The summed E-state index contributed by atoms with van der Waals surface area (Å²) >= 11 is 0. The molecular weight excluding hydrogens is 329 g/mol. The van der Waals surface area contributed by atoms with Crippen molar-refractivity contribution in [3.63, 3.8) is 0 Å². The first-order valence-corrected chi connectivity index (χ1v) is 9.84. The van der Waals surface area contributed by atoms with E-state index in [4.69, 9.17) is 0 Å². The van der Waals surface area contributed by atoms with Gasteiger partial charge in [0.05, 0.1) is 17.1 Å². The van der Waals surface area contributed by atoms with Crippen LogP contribution in [0.15, 0.2) is 35.2 Å². The van der Waals surface area contributed by atoms with E-state index in [-0.39, 0.29) is 11.4 Å². The molecule has 0 saturated heterocycles. The summed E-state index contributed by atoms with van der Waals surface area (Å²) in [5.74, 6) is 0.604. The molecule has 128 valence electrons. The lowest BCUT2D eigenvalue weighted by Gasteiger charge is -2.09. The third kappa shape index (κ3) is 3.37. The average Bonchev–Trinajstić information content (AvgIpc) is 3.46. The van der Waals surface area contributed by atoms with Crippen LogP contribution in [0.2, 0.25) is 0 Å². The zero-order valence-corrected chi connectivity index (χ0v) is 14.1. The number of sulfonamides is 1. The number of aromatic nitrogens is 2. The van der Waals surface area contributed by atoms with Crippen LogP contribution in [0.5, 0.6) is 0 Å². The summed E-state index contributed by atoms with van der Waals surface area (Å²) in [4.78, 5) is -0.0518. The monoisotopic (exact) mass is 349 g/mol. The van der Waals surface area contributed by atoms with Crippen LogP contribution in [0.1, 0.15) is 48.9 Å². The van der Waals surface area contributed by atoms with E-state index >= 15 is 0 Å². The molecule has 2 saturated carbocycles. The molecule has 0 amide bonds. The van der Waals surface area contributed by atoms with Crippen molar-refractivity contribution >= 4 is 10.0 Å². The molecule has 1 N–H and O–H groups in total. The Morgan fingerprint density at radius 3 is 2.58 bits per heavy atom. The van der Waals surface area contributed by atoms with E-state index in [1.54, 1.807) is 0 Å². The van der Waals surface area contributed by atoms with Crippen molar-refractivity contribution in [1.82, 2.24) is 14.5 Å². The van der Waals surface area contributed by atoms with E-state index < -0.39 is 15.8 Å². The fourth-order valence-electron chi connectivity index (χ4n) is 2.92. The van der Waals surface area contributed by atoms with Gasteiger partial charge >= 0.3 is 0 Å². The highest BCUT2D eigenvalue weighted by molar-refractivity contribution is 7.89. The minimum atomic E-state index is -3.70. The average molecular weight is 349 g/mol. The molecule has 2 aliphatic carbocycles. The number of benzene rings is 1. The number of nitrogens with zero attached hydrogens (tertiary/aromatic N) is 2. The van der Waals surface area contributed by atoms with Gasteiger partial charge in [0, 0.05) is 24.1 Å². The molecule has 2 aliphatic rings. The number of halogens is 1. The van der Waals surface area contributed by atoms with Crippen molar-refractivity contribution in [3.05, 3.63) is 47.5 Å². The van der Waals surface area contributed by atoms with Crippen LogP contribution < -0.4 is 4.72 Å². The first-order chi connectivity index (χ1) is 11.5. The molecule has 4 rings (SSSR count). The van der Waals surface area contributed by atoms with Crippen LogP contribution in [-0.2, 0) is 16.6 Å². The Bertz CT molecular complexity index is 854. The highest BCUT2D eigenvalue weighted by Gasteiger charge is 2.32. The molecule has 2 aromatic rings. The van der Waals surface area contributed by atoms with E-state index in [1.807, 2.05) is 4.68 Å². The van der Waals surface area contributed by atoms with Crippen molar-refractivity contribution in [1.29, 1.82) is 0 Å². The number of hydrogen-bond acceptors (Lipinski definition) is 3. The van der Waals surface area contributed by atoms with Crippen molar-refractivity contribution < 1.29 is 12.8 Å². The fraction of sp³-hybridized carbons (Fsp3) is 0.471. The maximum Gasteiger partial charge on any atom is 0.240 e. The number of rotatable bonds is 7. The topological polar surface area (TPSA) is 64.0 Å². The molecular formula is C17H20FN3O2S. The maximum atomic E-state index is 13.2. The lowest BCUT2D eigenvalue weighted by atomic mass is 10.2. The van der Waals surface area contributed by atoms with E-state index in [9.17, 15) is 12.8 Å². The number of hydrogen-bond donors (Lipinski definition) is 1. The molecule has 0 aliphatic heterocycles. The summed E-state index contributed by atoms with van der Waals surface area (Å²) in [6.45, 7) is 0.734. The van der Waals surface area contributed by atoms with Crippen molar-refractivity contribution in [3.8, 4) is 0 Å². The summed E-state index contributed by atoms with van der Waals surface area (Å²) in [5, 5.41) is 4.66. The van der Waals surface area contributed by atoms with E-state index in [2.05, 4.69) is 15.9 Å². The SMILES string of the molecule is O=S(=O)(NCCn1nc(C2CC2)cc1C1CC1)c1cccc(F)c1. The standard InChI is InChI=1S/C17H20FN3O2S/c18-14-2-1-3-15(10-14)24(22,23)19-8-9-21-17(13-6-7-13)11-16(20-21)12-4-5-12/h1-3,10-13,19H,4-9H2. The molecule has 0 atom stereocenters. The molecule has 1 heterocycles. The van der Waals surface area contributed by atoms with Crippen LogP contribution in [0.25, 0.3) is 0 Å². The Morgan fingerprint density at radius 1 is 1.17 bits per heavy atom. The van der Waals surface area contributed by atoms with Gasteiger partial charge in [-0.15, -0.1) is 0 Å². The second kappa shape index (κ2) is 5.97. The van der Waals surface area contributed by atoms with Crippen LogP contribution >= 0.6 is 0 Å². The molecule has 0 radical (unpaired) electrons. The predicted octanol–water partition coefficient (Wildman–Crippen LogP) is 2.76. The third-order valence-electron chi connectivity index (χ3n) is 4.54. The van der Waals surface area contributed by atoms with E-state index in [1.165, 1.54) is 49.6 Å². The van der Waals surface area contributed by atoms with Gasteiger partial charge in [-0.1, -0.05) is 6.07 Å². The third-order valence-corrected chi connectivity index (χ3v) is 6.00. The molecule has 0 unspecified atom stereocenters. The lowest BCUT2D eigenvalue weighted by Crippen LogP contribution is -2.28. The summed E-state index contributed by atoms with van der Waals surface area (Å²) in [6.07, 6.45) is 4.77. The Morgan fingerprint density at radius 2 is 1.92 bits per heavy atom. The predicted molar refractivity (Wildman–Crippen MR) is 87.8 cm³/mol. The van der Waals surface area contributed by atoms with Gasteiger partial charge < -0.3 is 0 Å². The van der Waals surface area contributed by atoms with Crippen LogP contribution in [0.3, 0.4) is 0 Å². The molecule has 7 heteroatoms. The quantitative estimate of drug-likeness (QED) is 0.836.